The normalized spacial score (nSPS) is 18.5. The first kappa shape index (κ1) is 22.8. The number of amides is 1. The molecular formula is C22H19F3N4O3S. The highest BCUT2D eigenvalue weighted by Crippen LogP contribution is 2.41. The molecule has 3 heterocycles. The van der Waals surface area contributed by atoms with Gasteiger partial charge in [0.15, 0.2) is 5.78 Å². The van der Waals surface area contributed by atoms with Gasteiger partial charge >= 0.3 is 12.2 Å². The van der Waals surface area contributed by atoms with Crippen LogP contribution in [0.15, 0.2) is 55.0 Å². The van der Waals surface area contributed by atoms with Crippen molar-refractivity contribution in [1.29, 1.82) is 0 Å². The summed E-state index contributed by atoms with van der Waals surface area (Å²) < 4.78 is 43.0. The van der Waals surface area contributed by atoms with E-state index in [1.165, 1.54) is 38.4 Å². The van der Waals surface area contributed by atoms with Gasteiger partial charge in [-0.1, -0.05) is 18.2 Å². The van der Waals surface area contributed by atoms with E-state index in [2.05, 4.69) is 4.98 Å². The van der Waals surface area contributed by atoms with E-state index >= 15 is 0 Å². The summed E-state index contributed by atoms with van der Waals surface area (Å²) in [5, 5.41) is 0.431. The summed E-state index contributed by atoms with van der Waals surface area (Å²) in [6.07, 6.45) is -0.979. The van der Waals surface area contributed by atoms with Crippen molar-refractivity contribution in [2.24, 2.45) is 5.92 Å². The molecule has 11 heteroatoms. The SMILES string of the molecule is CN(C)C(=O)n1cc(C(=O)[C@H]2CSN(c3cccnc3)[C@@H]2C(=O)C(F)(F)F)c2ccccc21. The Hall–Kier alpha value is -3.34. The van der Waals surface area contributed by atoms with Crippen LogP contribution in [0.5, 0.6) is 0 Å². The average Bonchev–Trinajstić information content (AvgIpc) is 3.40. The maximum Gasteiger partial charge on any atom is 0.452 e. The number of anilines is 1. The number of carbonyl (C=O) groups is 3. The summed E-state index contributed by atoms with van der Waals surface area (Å²) in [6, 6.07) is 7.56. The highest BCUT2D eigenvalue weighted by atomic mass is 32.2. The van der Waals surface area contributed by atoms with E-state index in [1.54, 1.807) is 44.4 Å². The van der Waals surface area contributed by atoms with Crippen LogP contribution < -0.4 is 4.31 Å². The third-order valence-corrected chi connectivity index (χ3v) is 6.60. The van der Waals surface area contributed by atoms with Gasteiger partial charge in [0.05, 0.1) is 23.3 Å². The molecule has 0 N–H and O–H groups in total. The fourth-order valence-electron chi connectivity index (χ4n) is 3.84. The molecule has 1 aliphatic heterocycles. The summed E-state index contributed by atoms with van der Waals surface area (Å²) >= 11 is 0.972. The fraction of sp³-hybridized carbons (Fsp3) is 0.273. The standard InChI is InChI=1S/C22H19F3N4O3S/c1-27(2)21(32)28-11-15(14-7-3-4-8-17(14)28)19(30)16-12-33-29(13-6-5-9-26-10-13)18(16)20(31)22(23,24)25/h3-11,16,18H,12H2,1-2H3/t16-,18-/m0/s1. The third-order valence-electron chi connectivity index (χ3n) is 5.38. The molecule has 0 saturated carbocycles. The number of pyridine rings is 1. The van der Waals surface area contributed by atoms with E-state index in [9.17, 15) is 27.6 Å². The summed E-state index contributed by atoms with van der Waals surface area (Å²) in [7, 11) is 3.10. The van der Waals surface area contributed by atoms with Gasteiger partial charge in [0.25, 0.3) is 5.78 Å². The molecule has 7 nitrogen and oxygen atoms in total. The molecule has 0 spiro atoms. The van der Waals surface area contributed by atoms with Crippen molar-refractivity contribution in [2.45, 2.75) is 12.2 Å². The number of benzene rings is 1. The van der Waals surface area contributed by atoms with Crippen LogP contribution in [0.25, 0.3) is 10.9 Å². The summed E-state index contributed by atoms with van der Waals surface area (Å²) in [5.74, 6) is -3.92. The van der Waals surface area contributed by atoms with Crippen LogP contribution in [0.1, 0.15) is 10.4 Å². The summed E-state index contributed by atoms with van der Waals surface area (Å²) in [4.78, 5) is 43.9. The van der Waals surface area contributed by atoms with E-state index in [0.29, 0.717) is 16.6 Å². The van der Waals surface area contributed by atoms with Crippen molar-refractivity contribution < 1.29 is 27.6 Å². The Morgan fingerprint density at radius 1 is 1.12 bits per heavy atom. The first-order valence-corrected chi connectivity index (χ1v) is 10.8. The third kappa shape index (κ3) is 4.08. The first-order chi connectivity index (χ1) is 15.6. The molecule has 1 saturated heterocycles. The van der Waals surface area contributed by atoms with Crippen molar-refractivity contribution in [3.05, 3.63) is 60.6 Å². The van der Waals surface area contributed by atoms with Crippen LogP contribution in [-0.4, -0.2) is 64.1 Å². The van der Waals surface area contributed by atoms with Gasteiger partial charge < -0.3 is 9.21 Å². The first-order valence-electron chi connectivity index (χ1n) is 9.90. The second-order valence-electron chi connectivity index (χ2n) is 7.72. The van der Waals surface area contributed by atoms with Crippen LogP contribution in [0.4, 0.5) is 23.7 Å². The molecule has 2 atom stereocenters. The molecule has 0 radical (unpaired) electrons. The Balaban J connectivity index is 1.79. The van der Waals surface area contributed by atoms with E-state index in [0.717, 1.165) is 11.9 Å². The van der Waals surface area contributed by atoms with Crippen molar-refractivity contribution in [3.63, 3.8) is 0 Å². The predicted molar refractivity (Wildman–Crippen MR) is 118 cm³/mol. The molecule has 1 fully saturated rings. The number of fused-ring (bicyclic) bond motifs is 1. The second-order valence-corrected chi connectivity index (χ2v) is 8.70. The largest absolute Gasteiger partial charge is 0.452 e. The lowest BCUT2D eigenvalue weighted by Crippen LogP contribution is -2.47. The molecular weight excluding hydrogens is 457 g/mol. The zero-order valence-electron chi connectivity index (χ0n) is 17.6. The molecule has 0 bridgehead atoms. The van der Waals surface area contributed by atoms with E-state index < -0.39 is 35.7 Å². The van der Waals surface area contributed by atoms with Gasteiger partial charge in [0.2, 0.25) is 0 Å². The minimum absolute atomic E-state index is 0.0264. The van der Waals surface area contributed by atoms with E-state index in [4.69, 9.17) is 0 Å². The minimum Gasteiger partial charge on any atom is -0.330 e. The van der Waals surface area contributed by atoms with Gasteiger partial charge in [-0.25, -0.2) is 4.79 Å². The molecule has 4 rings (SSSR count). The lowest BCUT2D eigenvalue weighted by Gasteiger charge is -2.27. The highest BCUT2D eigenvalue weighted by Gasteiger charge is 2.54. The number of nitrogens with zero attached hydrogens (tertiary/aromatic N) is 4. The fourth-order valence-corrected chi connectivity index (χ4v) is 5.16. The Morgan fingerprint density at radius 3 is 2.48 bits per heavy atom. The number of ketones is 2. The highest BCUT2D eigenvalue weighted by molar-refractivity contribution is 8.01. The Kier molecular flexibility index (Phi) is 5.91. The minimum atomic E-state index is -5.12. The number of halogens is 3. The van der Waals surface area contributed by atoms with Gasteiger partial charge in [0.1, 0.15) is 6.04 Å². The zero-order valence-corrected chi connectivity index (χ0v) is 18.4. The van der Waals surface area contributed by atoms with Crippen LogP contribution >= 0.6 is 11.9 Å². The van der Waals surface area contributed by atoms with E-state index in [-0.39, 0.29) is 11.3 Å². The molecule has 172 valence electrons. The van der Waals surface area contributed by atoms with Gasteiger partial charge in [-0.15, -0.1) is 0 Å². The maximum atomic E-state index is 13.6. The smallest absolute Gasteiger partial charge is 0.330 e. The Labute approximate surface area is 191 Å². The Morgan fingerprint density at radius 2 is 1.85 bits per heavy atom. The van der Waals surface area contributed by atoms with Crippen molar-refractivity contribution in [1.82, 2.24) is 14.5 Å². The zero-order chi connectivity index (χ0) is 23.9. The topological polar surface area (TPSA) is 75.5 Å². The number of carbonyl (C=O) groups excluding carboxylic acids is 3. The number of Topliss-reactive ketones (excluding diaryl/α,β-unsaturated/α-hetero) is 2. The lowest BCUT2D eigenvalue weighted by atomic mass is 9.89. The maximum absolute atomic E-state index is 13.6. The molecule has 0 unspecified atom stereocenters. The summed E-state index contributed by atoms with van der Waals surface area (Å²) in [5.41, 5.74) is 0.845. The number of para-hydroxylation sites is 1. The molecule has 2 aromatic heterocycles. The van der Waals surface area contributed by atoms with Gasteiger partial charge in [0, 0.05) is 43.2 Å². The lowest BCUT2D eigenvalue weighted by molar-refractivity contribution is -0.172. The monoisotopic (exact) mass is 476 g/mol. The predicted octanol–water partition coefficient (Wildman–Crippen LogP) is 4.03. The average molecular weight is 476 g/mol. The van der Waals surface area contributed by atoms with Crippen molar-refractivity contribution >= 4 is 46.1 Å². The molecule has 1 amide bonds. The van der Waals surface area contributed by atoms with Crippen molar-refractivity contribution in [2.75, 3.05) is 24.2 Å². The Bertz CT molecular complexity index is 1230. The van der Waals surface area contributed by atoms with Gasteiger partial charge in [-0.2, -0.15) is 13.2 Å². The van der Waals surface area contributed by atoms with Gasteiger partial charge in [-0.3, -0.25) is 19.1 Å². The summed E-state index contributed by atoms with van der Waals surface area (Å²) in [6.45, 7) is 0. The van der Waals surface area contributed by atoms with E-state index in [1.807, 2.05) is 0 Å². The number of hydrogen-bond acceptors (Lipinski definition) is 6. The molecule has 33 heavy (non-hydrogen) atoms. The molecule has 1 aromatic carbocycles. The second kappa shape index (κ2) is 8.54. The van der Waals surface area contributed by atoms with Crippen LogP contribution in [0.2, 0.25) is 0 Å². The quantitative estimate of drug-likeness (QED) is 0.418. The number of hydrogen-bond donors (Lipinski definition) is 0. The molecule has 3 aromatic rings. The van der Waals surface area contributed by atoms with Gasteiger partial charge in [-0.05, 0) is 30.1 Å². The van der Waals surface area contributed by atoms with Crippen LogP contribution in [-0.2, 0) is 4.79 Å². The van der Waals surface area contributed by atoms with Crippen LogP contribution in [0, 0.1) is 5.92 Å². The number of aromatic nitrogens is 2. The number of rotatable bonds is 4. The molecule has 0 aliphatic carbocycles. The number of alkyl halides is 3. The van der Waals surface area contributed by atoms with Crippen molar-refractivity contribution in [3.8, 4) is 0 Å². The molecule has 1 aliphatic rings. The van der Waals surface area contributed by atoms with Crippen LogP contribution in [0.3, 0.4) is 0 Å².